The molecule has 2 aliphatic rings. The summed E-state index contributed by atoms with van der Waals surface area (Å²) >= 11 is 2.52. The minimum atomic E-state index is -3.58. The van der Waals surface area contributed by atoms with Crippen molar-refractivity contribution < 1.29 is 27.2 Å². The van der Waals surface area contributed by atoms with Gasteiger partial charge in [-0.2, -0.15) is 0 Å². The maximum Gasteiger partial charge on any atom is 0.343 e. The van der Waals surface area contributed by atoms with Gasteiger partial charge in [-0.3, -0.25) is 9.36 Å². The number of benzene rings is 1. The molecule has 0 bridgehead atoms. The summed E-state index contributed by atoms with van der Waals surface area (Å²) in [6.45, 7) is 10.7. The van der Waals surface area contributed by atoms with Crippen molar-refractivity contribution in [2.75, 3.05) is 13.2 Å². The van der Waals surface area contributed by atoms with Crippen LogP contribution in [0, 0.1) is 11.6 Å². The molecule has 0 saturated carbocycles. The smallest absolute Gasteiger partial charge is 0.332 e. The zero-order valence-electron chi connectivity index (χ0n) is 18.9. The molecule has 1 unspecified atom stereocenters. The van der Waals surface area contributed by atoms with Crippen LogP contribution in [0.3, 0.4) is 0 Å². The molecule has 1 aromatic rings. The molecular formula is C21H33F2INO4PSi. The van der Waals surface area contributed by atoms with E-state index in [9.17, 15) is 18.1 Å². The van der Waals surface area contributed by atoms with E-state index >= 15 is 0 Å². The summed E-state index contributed by atoms with van der Waals surface area (Å²) in [6.07, 6.45) is 2.49. The summed E-state index contributed by atoms with van der Waals surface area (Å²) in [5.74, 6) is -1.64. The molecular weight excluding hydrogens is 554 g/mol. The number of nitrogens with zero attached hydrogens (tertiary/aromatic N) is 1. The number of hydrogen-bond acceptors (Lipinski definition) is 4. The quantitative estimate of drug-likeness (QED) is 0.161. The summed E-state index contributed by atoms with van der Waals surface area (Å²) in [7, 11) is -3.58. The lowest BCUT2D eigenvalue weighted by Crippen LogP contribution is -2.48. The van der Waals surface area contributed by atoms with Crippen LogP contribution in [0.1, 0.15) is 51.1 Å². The number of fused-ring (bicyclic) bond motifs is 1. The first-order valence-corrected chi connectivity index (χ1v) is 19.0. The Morgan fingerprint density at radius 2 is 1.52 bits per heavy atom. The van der Waals surface area contributed by atoms with Gasteiger partial charge in [-0.15, -0.1) is 21.8 Å². The lowest BCUT2D eigenvalue weighted by molar-refractivity contribution is -0.137. The molecule has 0 radical (unpaired) electrons. The summed E-state index contributed by atoms with van der Waals surface area (Å²) in [4.78, 5) is 14.8. The normalized spacial score (nSPS) is 23.9. The van der Waals surface area contributed by atoms with Gasteiger partial charge >= 0.3 is 7.60 Å². The Balaban J connectivity index is 0.000000614. The number of carbonyl (C=O) groups is 1. The van der Waals surface area contributed by atoms with Crippen molar-refractivity contribution in [2.24, 2.45) is 0 Å². The van der Waals surface area contributed by atoms with Gasteiger partial charge in [-0.05, 0) is 57.2 Å². The van der Waals surface area contributed by atoms with Gasteiger partial charge in [-0.25, -0.2) is 8.78 Å². The topological polar surface area (TPSA) is 55.8 Å². The van der Waals surface area contributed by atoms with Crippen molar-refractivity contribution >= 4 is 40.9 Å². The van der Waals surface area contributed by atoms with Gasteiger partial charge in [0.05, 0.1) is 19.3 Å². The van der Waals surface area contributed by atoms with Crippen molar-refractivity contribution in [3.8, 4) is 0 Å². The van der Waals surface area contributed by atoms with Gasteiger partial charge in [0.25, 0.3) is 0 Å². The molecule has 31 heavy (non-hydrogen) atoms. The predicted octanol–water partition coefficient (Wildman–Crippen LogP) is 6.68. The summed E-state index contributed by atoms with van der Waals surface area (Å²) < 4.78 is 51.1. The molecule has 2 heterocycles. The summed E-state index contributed by atoms with van der Waals surface area (Å²) in [5, 5.41) is 0. The van der Waals surface area contributed by atoms with Crippen LogP contribution in [0.25, 0.3) is 0 Å². The van der Waals surface area contributed by atoms with E-state index in [1.165, 1.54) is 12.1 Å². The highest BCUT2D eigenvalue weighted by atomic mass is 127. The van der Waals surface area contributed by atoms with E-state index < -0.39 is 36.5 Å². The Bertz CT molecular complexity index is 787. The third kappa shape index (κ3) is 7.32. The molecule has 176 valence electrons. The van der Waals surface area contributed by atoms with Gasteiger partial charge in [-0.1, -0.05) is 19.6 Å². The molecule has 0 aliphatic carbocycles. The van der Waals surface area contributed by atoms with E-state index in [0.717, 1.165) is 12.5 Å². The fourth-order valence-electron chi connectivity index (χ4n) is 4.11. The molecule has 0 spiro atoms. The predicted molar refractivity (Wildman–Crippen MR) is 130 cm³/mol. The maximum absolute atomic E-state index is 13.6. The van der Waals surface area contributed by atoms with Crippen LogP contribution < -0.4 is 0 Å². The third-order valence-corrected chi connectivity index (χ3v) is 7.56. The van der Waals surface area contributed by atoms with Crippen LogP contribution in [0.15, 0.2) is 18.2 Å². The Morgan fingerprint density at radius 3 is 2.00 bits per heavy atom. The SMILES string of the molecule is CCOP(=O)(OCC)C1CC[C@H]2CC[C@@H](c3cc(F)cc(F)c3)N2C1=O.C[Si](C)(C)I. The molecule has 2 fully saturated rings. The first-order valence-electron chi connectivity index (χ1n) is 10.8. The lowest BCUT2D eigenvalue weighted by Gasteiger charge is -2.40. The van der Waals surface area contributed by atoms with Crippen LogP contribution in [0.2, 0.25) is 19.6 Å². The van der Waals surface area contributed by atoms with Crippen molar-refractivity contribution in [1.82, 2.24) is 4.90 Å². The second-order valence-corrected chi connectivity index (χ2v) is 24.8. The van der Waals surface area contributed by atoms with Crippen LogP contribution in [-0.2, 0) is 18.4 Å². The number of piperidine rings is 1. The van der Waals surface area contributed by atoms with E-state index in [2.05, 4.69) is 41.4 Å². The van der Waals surface area contributed by atoms with Gasteiger partial charge in [0, 0.05) is 12.1 Å². The van der Waals surface area contributed by atoms with Crippen LogP contribution in [0.4, 0.5) is 8.78 Å². The minimum absolute atomic E-state index is 0.00761. The summed E-state index contributed by atoms with van der Waals surface area (Å²) in [5.41, 5.74) is -1.07. The zero-order chi connectivity index (χ0) is 23.4. The first kappa shape index (κ1) is 26.9. The van der Waals surface area contributed by atoms with Crippen LogP contribution in [-0.4, -0.2) is 41.3 Å². The van der Waals surface area contributed by atoms with E-state index in [4.69, 9.17) is 9.05 Å². The molecule has 2 aliphatic heterocycles. The number of amides is 1. The second-order valence-electron chi connectivity index (χ2n) is 8.73. The molecule has 10 heteroatoms. The molecule has 3 rings (SSSR count). The van der Waals surface area contributed by atoms with E-state index in [-0.39, 0.29) is 25.2 Å². The van der Waals surface area contributed by atoms with Crippen molar-refractivity contribution in [2.45, 2.75) is 76.9 Å². The fourth-order valence-corrected chi connectivity index (χ4v) is 6.13. The first-order chi connectivity index (χ1) is 14.4. The lowest BCUT2D eigenvalue weighted by atomic mass is 10.0. The average Bonchev–Trinajstić information content (AvgIpc) is 3.05. The van der Waals surface area contributed by atoms with Gasteiger partial charge in [0.1, 0.15) is 22.9 Å². The van der Waals surface area contributed by atoms with E-state index in [1.54, 1.807) is 18.7 Å². The minimum Gasteiger partial charge on any atom is -0.332 e. The monoisotopic (exact) mass is 587 g/mol. The Kier molecular flexibility index (Phi) is 9.70. The second kappa shape index (κ2) is 11.2. The Labute approximate surface area is 198 Å². The van der Waals surface area contributed by atoms with E-state index in [1.807, 2.05) is 0 Å². The van der Waals surface area contributed by atoms with Gasteiger partial charge in [0.15, 0.2) is 0 Å². The highest BCUT2D eigenvalue weighted by molar-refractivity contribution is 14.1. The van der Waals surface area contributed by atoms with Crippen molar-refractivity contribution in [3.63, 3.8) is 0 Å². The number of carbonyl (C=O) groups excluding carboxylic acids is 1. The van der Waals surface area contributed by atoms with Gasteiger partial charge in [0.2, 0.25) is 5.91 Å². The highest BCUT2D eigenvalue weighted by Crippen LogP contribution is 2.58. The average molecular weight is 587 g/mol. The third-order valence-electron chi connectivity index (χ3n) is 5.08. The molecule has 3 atom stereocenters. The Morgan fingerprint density at radius 1 is 1.03 bits per heavy atom. The summed E-state index contributed by atoms with van der Waals surface area (Å²) in [6, 6.07) is 2.91. The molecule has 1 amide bonds. The Hall–Kier alpha value is -0.353. The molecule has 5 nitrogen and oxygen atoms in total. The van der Waals surface area contributed by atoms with Crippen LogP contribution in [0.5, 0.6) is 0 Å². The number of halogens is 3. The fraction of sp³-hybridized carbons (Fsp3) is 0.667. The molecule has 1 aromatic carbocycles. The van der Waals surface area contributed by atoms with Crippen molar-refractivity contribution in [3.05, 3.63) is 35.4 Å². The van der Waals surface area contributed by atoms with Crippen LogP contribution >= 0.6 is 29.4 Å². The maximum atomic E-state index is 13.6. The largest absolute Gasteiger partial charge is 0.343 e. The standard InChI is InChI=1S/C18H24F2NO4P.C3H9ISi/c1-3-24-26(23,25-4-2)17-8-6-15-5-7-16(21(15)18(17)22)12-9-13(19)11-14(20)10-12;1-5(2,3)4/h9-11,15-17H,3-8H2,1-2H3;1-3H3/t15-,16+,17?;/m1./s1. The number of hydrogen-bond donors (Lipinski definition) is 0. The van der Waals surface area contributed by atoms with Crippen molar-refractivity contribution in [1.29, 1.82) is 0 Å². The molecule has 0 aromatic heterocycles. The number of rotatable bonds is 6. The van der Waals surface area contributed by atoms with Gasteiger partial charge < -0.3 is 13.9 Å². The molecule has 2 saturated heterocycles. The highest BCUT2D eigenvalue weighted by Gasteiger charge is 2.51. The van der Waals surface area contributed by atoms with E-state index in [0.29, 0.717) is 24.8 Å². The molecule has 0 N–H and O–H groups in total. The zero-order valence-corrected chi connectivity index (χ0v) is 22.9.